The molecule has 0 amide bonds. The van der Waals surface area contributed by atoms with Crippen molar-refractivity contribution in [2.24, 2.45) is 0 Å². The van der Waals surface area contributed by atoms with Crippen LogP contribution in [0, 0.1) is 5.82 Å². The van der Waals surface area contributed by atoms with Crippen LogP contribution in [0.2, 0.25) is 5.02 Å². The summed E-state index contributed by atoms with van der Waals surface area (Å²) in [4.78, 5) is 0. The number of rotatable bonds is 2. The molecule has 0 atom stereocenters. The fraction of sp³-hybridized carbons (Fsp3) is 0.111. The van der Waals surface area contributed by atoms with Crippen molar-refractivity contribution >= 4 is 29.3 Å². The largest absolute Gasteiger partial charge is 0.207 e. The first-order chi connectivity index (χ1) is 5.74. The molecule has 0 aliphatic heterocycles. The van der Waals surface area contributed by atoms with Crippen LogP contribution in [-0.2, 0) is 0 Å². The van der Waals surface area contributed by atoms with Gasteiger partial charge in [-0.25, -0.2) is 4.39 Å². The van der Waals surface area contributed by atoms with E-state index in [1.807, 2.05) is 0 Å². The van der Waals surface area contributed by atoms with Gasteiger partial charge < -0.3 is 0 Å². The van der Waals surface area contributed by atoms with Crippen LogP contribution in [0.25, 0.3) is 6.08 Å². The summed E-state index contributed by atoms with van der Waals surface area (Å²) >= 11 is 11.2. The van der Waals surface area contributed by atoms with Crippen LogP contribution >= 0.6 is 23.2 Å². The van der Waals surface area contributed by atoms with Crippen LogP contribution in [0.1, 0.15) is 5.56 Å². The maximum Gasteiger partial charge on any atom is 0.123 e. The Bertz CT molecular complexity index is 295. The van der Waals surface area contributed by atoms with Crippen LogP contribution in [0.5, 0.6) is 0 Å². The Kier molecular flexibility index (Phi) is 3.57. The quantitative estimate of drug-likeness (QED) is 0.645. The molecule has 0 fully saturated rings. The Morgan fingerprint density at radius 3 is 2.83 bits per heavy atom. The third-order valence-electron chi connectivity index (χ3n) is 1.34. The van der Waals surface area contributed by atoms with Crippen molar-refractivity contribution in [2.45, 2.75) is 0 Å². The van der Waals surface area contributed by atoms with Crippen molar-refractivity contribution < 1.29 is 4.39 Å². The number of benzene rings is 1. The van der Waals surface area contributed by atoms with E-state index in [1.165, 1.54) is 18.2 Å². The highest BCUT2D eigenvalue weighted by Gasteiger charge is 1.97. The summed E-state index contributed by atoms with van der Waals surface area (Å²) in [5.41, 5.74) is 0.650. The predicted molar refractivity (Wildman–Crippen MR) is 51.2 cm³/mol. The molecule has 0 aromatic heterocycles. The standard InChI is InChI=1S/C9H7Cl2F/c10-5-1-2-7-6-8(12)3-4-9(7)11/h1-4,6H,5H2. The van der Waals surface area contributed by atoms with Crippen molar-refractivity contribution in [3.05, 3.63) is 40.7 Å². The Hall–Kier alpha value is -0.530. The summed E-state index contributed by atoms with van der Waals surface area (Å²) in [6, 6.07) is 4.20. The molecule has 64 valence electrons. The normalized spacial score (nSPS) is 10.9. The summed E-state index contributed by atoms with van der Waals surface area (Å²) in [5, 5.41) is 0.526. The van der Waals surface area contributed by atoms with Gasteiger partial charge in [-0.3, -0.25) is 0 Å². The first kappa shape index (κ1) is 9.56. The fourth-order valence-electron chi connectivity index (χ4n) is 0.814. The Morgan fingerprint density at radius 1 is 1.42 bits per heavy atom. The molecule has 0 spiro atoms. The number of hydrogen-bond acceptors (Lipinski definition) is 0. The highest BCUT2D eigenvalue weighted by atomic mass is 35.5. The monoisotopic (exact) mass is 204 g/mol. The second-order valence-electron chi connectivity index (χ2n) is 2.22. The highest BCUT2D eigenvalue weighted by molar-refractivity contribution is 6.32. The molecule has 1 rings (SSSR count). The highest BCUT2D eigenvalue weighted by Crippen LogP contribution is 2.18. The van der Waals surface area contributed by atoms with E-state index in [4.69, 9.17) is 23.2 Å². The molecule has 0 bridgehead atoms. The van der Waals surface area contributed by atoms with Crippen molar-refractivity contribution in [1.82, 2.24) is 0 Å². The number of halogens is 3. The van der Waals surface area contributed by atoms with Crippen molar-refractivity contribution in [3.8, 4) is 0 Å². The first-order valence-electron chi connectivity index (χ1n) is 3.41. The van der Waals surface area contributed by atoms with E-state index < -0.39 is 0 Å². The molecule has 0 nitrogen and oxygen atoms in total. The molecular formula is C9H7Cl2F. The Balaban J connectivity index is 2.97. The van der Waals surface area contributed by atoms with Crippen LogP contribution in [0.4, 0.5) is 4.39 Å². The second-order valence-corrected chi connectivity index (χ2v) is 2.94. The van der Waals surface area contributed by atoms with Crippen LogP contribution in [0.3, 0.4) is 0 Å². The molecule has 0 saturated heterocycles. The van der Waals surface area contributed by atoms with E-state index in [-0.39, 0.29) is 5.82 Å². The van der Waals surface area contributed by atoms with Gasteiger partial charge in [0.2, 0.25) is 0 Å². The summed E-state index contributed by atoms with van der Waals surface area (Å²) in [6.45, 7) is 0. The molecule has 12 heavy (non-hydrogen) atoms. The van der Waals surface area contributed by atoms with Gasteiger partial charge in [0, 0.05) is 10.9 Å². The molecular weight excluding hydrogens is 198 g/mol. The Labute approximate surface area is 80.6 Å². The minimum absolute atomic E-state index is 0.298. The van der Waals surface area contributed by atoms with Gasteiger partial charge in [0.05, 0.1) is 0 Å². The van der Waals surface area contributed by atoms with Crippen molar-refractivity contribution in [3.63, 3.8) is 0 Å². The lowest BCUT2D eigenvalue weighted by molar-refractivity contribution is 0.627. The van der Waals surface area contributed by atoms with Gasteiger partial charge in [0.1, 0.15) is 5.82 Å². The number of alkyl halides is 1. The van der Waals surface area contributed by atoms with Crippen molar-refractivity contribution in [2.75, 3.05) is 5.88 Å². The molecule has 1 aromatic carbocycles. The molecule has 0 heterocycles. The first-order valence-corrected chi connectivity index (χ1v) is 4.33. The summed E-state index contributed by atoms with van der Waals surface area (Å²) in [6.07, 6.45) is 3.40. The van der Waals surface area contributed by atoms with Gasteiger partial charge >= 0.3 is 0 Å². The van der Waals surface area contributed by atoms with E-state index >= 15 is 0 Å². The molecule has 0 N–H and O–H groups in total. The van der Waals surface area contributed by atoms with Gasteiger partial charge in [-0.15, -0.1) is 11.6 Å². The fourth-order valence-corrected chi connectivity index (χ4v) is 1.08. The maximum atomic E-state index is 12.6. The average molecular weight is 205 g/mol. The third kappa shape index (κ3) is 2.50. The lowest BCUT2D eigenvalue weighted by Gasteiger charge is -1.96. The van der Waals surface area contributed by atoms with E-state index in [0.717, 1.165) is 0 Å². The molecule has 3 heteroatoms. The third-order valence-corrected chi connectivity index (χ3v) is 1.87. The number of allylic oxidation sites excluding steroid dienone is 1. The average Bonchev–Trinajstić information content (AvgIpc) is 2.07. The molecule has 0 unspecified atom stereocenters. The van der Waals surface area contributed by atoms with Gasteiger partial charge in [0.15, 0.2) is 0 Å². The Morgan fingerprint density at radius 2 is 2.17 bits per heavy atom. The van der Waals surface area contributed by atoms with Gasteiger partial charge in [-0.05, 0) is 23.8 Å². The van der Waals surface area contributed by atoms with Gasteiger partial charge in [-0.1, -0.05) is 23.8 Å². The van der Waals surface area contributed by atoms with Gasteiger partial charge in [-0.2, -0.15) is 0 Å². The van der Waals surface area contributed by atoms with Crippen molar-refractivity contribution in [1.29, 1.82) is 0 Å². The van der Waals surface area contributed by atoms with Crippen LogP contribution < -0.4 is 0 Å². The summed E-state index contributed by atoms with van der Waals surface area (Å²) in [5.74, 6) is 0.0981. The minimum atomic E-state index is -0.298. The molecule has 0 aliphatic rings. The van der Waals surface area contributed by atoms with Crippen LogP contribution in [0.15, 0.2) is 24.3 Å². The van der Waals surface area contributed by atoms with Crippen LogP contribution in [-0.4, -0.2) is 5.88 Å². The maximum absolute atomic E-state index is 12.6. The SMILES string of the molecule is Fc1ccc(Cl)c(C=CCCl)c1. The lowest BCUT2D eigenvalue weighted by atomic mass is 10.2. The molecule has 0 saturated carbocycles. The van der Waals surface area contributed by atoms with E-state index in [2.05, 4.69) is 0 Å². The molecule has 1 aromatic rings. The zero-order valence-corrected chi connectivity index (χ0v) is 7.74. The number of hydrogen-bond donors (Lipinski definition) is 0. The lowest BCUT2D eigenvalue weighted by Crippen LogP contribution is -1.78. The second kappa shape index (κ2) is 4.48. The van der Waals surface area contributed by atoms with E-state index in [1.54, 1.807) is 12.2 Å². The van der Waals surface area contributed by atoms with E-state index in [9.17, 15) is 4.39 Å². The summed E-state index contributed by atoms with van der Waals surface area (Å²) in [7, 11) is 0. The molecule has 0 aliphatic carbocycles. The zero-order chi connectivity index (χ0) is 8.97. The predicted octanol–water partition coefficient (Wildman–Crippen LogP) is 3.73. The smallest absolute Gasteiger partial charge is 0.123 e. The topological polar surface area (TPSA) is 0 Å². The minimum Gasteiger partial charge on any atom is -0.207 e. The van der Waals surface area contributed by atoms with Gasteiger partial charge in [0.25, 0.3) is 0 Å². The zero-order valence-electron chi connectivity index (χ0n) is 6.23. The van der Waals surface area contributed by atoms with E-state index in [0.29, 0.717) is 16.5 Å². The summed E-state index contributed by atoms with van der Waals surface area (Å²) < 4.78 is 12.6. The molecule has 0 radical (unpaired) electrons.